The highest BCUT2D eigenvalue weighted by atomic mass is 32.2. The van der Waals surface area contributed by atoms with Crippen LogP contribution >= 0.6 is 11.8 Å². The molecule has 1 heterocycles. The maximum atomic E-state index is 11.8. The van der Waals surface area contributed by atoms with E-state index in [1.165, 1.54) is 11.8 Å². The molecule has 0 unspecified atom stereocenters. The van der Waals surface area contributed by atoms with Crippen LogP contribution in [0.1, 0.15) is 5.69 Å². The lowest BCUT2D eigenvalue weighted by molar-refractivity contribution is -0.113. The van der Waals surface area contributed by atoms with Gasteiger partial charge in [-0.2, -0.15) is 0 Å². The number of benzene rings is 1. The predicted molar refractivity (Wildman–Crippen MR) is 77.0 cm³/mol. The number of hydrogen-bond acceptors (Lipinski definition) is 5. The molecule has 0 radical (unpaired) electrons. The largest absolute Gasteiger partial charge is 0.399 e. The smallest absolute Gasteiger partial charge is 0.234 e. The van der Waals surface area contributed by atoms with Crippen molar-refractivity contribution in [3.05, 3.63) is 42.2 Å². The van der Waals surface area contributed by atoms with Crippen LogP contribution in [0.2, 0.25) is 0 Å². The summed E-state index contributed by atoms with van der Waals surface area (Å²) in [6.45, 7) is 1.89. The predicted octanol–water partition coefficient (Wildman–Crippen LogP) is 2.10. The van der Waals surface area contributed by atoms with E-state index >= 15 is 0 Å². The number of carbonyl (C=O) groups is 1. The molecule has 0 atom stereocenters. The molecule has 0 aliphatic rings. The summed E-state index contributed by atoms with van der Waals surface area (Å²) in [5, 5.41) is 3.37. The zero-order chi connectivity index (χ0) is 13.7. The summed E-state index contributed by atoms with van der Waals surface area (Å²) in [7, 11) is 0. The molecule has 3 N–H and O–H groups in total. The number of thioether (sulfide) groups is 1. The van der Waals surface area contributed by atoms with Crippen molar-refractivity contribution in [3.8, 4) is 0 Å². The Balaban J connectivity index is 1.88. The first-order chi connectivity index (χ1) is 9.13. The first kappa shape index (κ1) is 13.4. The Morgan fingerprint density at radius 1 is 1.42 bits per heavy atom. The average Bonchev–Trinajstić information content (AvgIpc) is 2.36. The fourth-order valence-electron chi connectivity index (χ4n) is 1.44. The SMILES string of the molecule is Cc1ccnc(SCC(=O)Nc2cccc(N)c2)n1. The normalized spacial score (nSPS) is 10.2. The molecule has 1 amide bonds. The Morgan fingerprint density at radius 2 is 2.26 bits per heavy atom. The number of aryl methyl sites for hydroxylation is 1. The molecular weight excluding hydrogens is 260 g/mol. The number of nitrogen functional groups attached to an aromatic ring is 1. The fraction of sp³-hybridized carbons (Fsp3) is 0.154. The van der Waals surface area contributed by atoms with Crippen LogP contribution in [0.25, 0.3) is 0 Å². The number of nitrogens with one attached hydrogen (secondary N) is 1. The summed E-state index contributed by atoms with van der Waals surface area (Å²) in [5.41, 5.74) is 7.83. The van der Waals surface area contributed by atoms with Crippen LogP contribution in [0.5, 0.6) is 0 Å². The zero-order valence-corrected chi connectivity index (χ0v) is 11.3. The van der Waals surface area contributed by atoms with Gasteiger partial charge in [0.25, 0.3) is 0 Å². The van der Waals surface area contributed by atoms with Gasteiger partial charge in [0.1, 0.15) is 0 Å². The van der Waals surface area contributed by atoms with Crippen LogP contribution in [0, 0.1) is 6.92 Å². The van der Waals surface area contributed by atoms with Gasteiger partial charge in [-0.1, -0.05) is 17.8 Å². The van der Waals surface area contributed by atoms with E-state index in [9.17, 15) is 4.79 Å². The van der Waals surface area contributed by atoms with Crippen molar-refractivity contribution in [1.29, 1.82) is 0 Å². The van der Waals surface area contributed by atoms with Gasteiger partial charge in [0.15, 0.2) is 5.16 Å². The Kier molecular flexibility index (Phi) is 4.35. The van der Waals surface area contributed by atoms with Crippen molar-refractivity contribution in [1.82, 2.24) is 9.97 Å². The lowest BCUT2D eigenvalue weighted by Crippen LogP contribution is -2.14. The molecule has 0 aliphatic carbocycles. The summed E-state index contributed by atoms with van der Waals surface area (Å²) in [6.07, 6.45) is 1.68. The average molecular weight is 274 g/mol. The second-order valence-electron chi connectivity index (χ2n) is 3.94. The maximum Gasteiger partial charge on any atom is 0.234 e. The first-order valence-electron chi connectivity index (χ1n) is 5.71. The number of hydrogen-bond donors (Lipinski definition) is 2. The van der Waals surface area contributed by atoms with Gasteiger partial charge in [-0.05, 0) is 31.2 Å². The summed E-state index contributed by atoms with van der Waals surface area (Å²) < 4.78 is 0. The third-order valence-electron chi connectivity index (χ3n) is 2.28. The van der Waals surface area contributed by atoms with Crippen LogP contribution in [0.15, 0.2) is 41.7 Å². The van der Waals surface area contributed by atoms with E-state index in [0.29, 0.717) is 16.5 Å². The number of aromatic nitrogens is 2. The second-order valence-corrected chi connectivity index (χ2v) is 4.89. The van der Waals surface area contributed by atoms with Gasteiger partial charge in [-0.3, -0.25) is 4.79 Å². The van der Waals surface area contributed by atoms with Gasteiger partial charge >= 0.3 is 0 Å². The van der Waals surface area contributed by atoms with Gasteiger partial charge < -0.3 is 11.1 Å². The molecule has 0 saturated carbocycles. The summed E-state index contributed by atoms with van der Waals surface area (Å²) >= 11 is 1.30. The molecule has 19 heavy (non-hydrogen) atoms. The summed E-state index contributed by atoms with van der Waals surface area (Å²) in [5.74, 6) is 0.152. The minimum absolute atomic E-state index is 0.110. The number of anilines is 2. The molecule has 1 aromatic carbocycles. The van der Waals surface area contributed by atoms with Crippen molar-refractivity contribution >= 4 is 29.0 Å². The van der Waals surface area contributed by atoms with Gasteiger partial charge in [0, 0.05) is 23.3 Å². The number of amides is 1. The Hall–Kier alpha value is -2.08. The lowest BCUT2D eigenvalue weighted by atomic mass is 10.3. The molecular formula is C13H14N4OS. The van der Waals surface area contributed by atoms with Crippen molar-refractivity contribution in [3.63, 3.8) is 0 Å². The molecule has 98 valence electrons. The van der Waals surface area contributed by atoms with Gasteiger partial charge in [0.05, 0.1) is 5.75 Å². The standard InChI is InChI=1S/C13H14N4OS/c1-9-5-6-15-13(16-9)19-8-12(18)17-11-4-2-3-10(14)7-11/h2-7H,8,14H2,1H3,(H,17,18). The number of carbonyl (C=O) groups excluding carboxylic acids is 1. The zero-order valence-electron chi connectivity index (χ0n) is 10.5. The molecule has 5 nitrogen and oxygen atoms in total. The summed E-state index contributed by atoms with van der Waals surface area (Å²) in [6, 6.07) is 8.89. The topological polar surface area (TPSA) is 80.9 Å². The van der Waals surface area contributed by atoms with Crippen LogP contribution < -0.4 is 11.1 Å². The minimum Gasteiger partial charge on any atom is -0.399 e. The highest BCUT2D eigenvalue weighted by Gasteiger charge is 2.05. The van der Waals surface area contributed by atoms with Crippen LogP contribution in [-0.2, 0) is 4.79 Å². The quantitative estimate of drug-likeness (QED) is 0.507. The molecule has 2 aromatic rings. The van der Waals surface area contributed by atoms with Crippen LogP contribution in [0.4, 0.5) is 11.4 Å². The first-order valence-corrected chi connectivity index (χ1v) is 6.70. The van der Waals surface area contributed by atoms with Crippen molar-refractivity contribution < 1.29 is 4.79 Å². The minimum atomic E-state index is -0.110. The van der Waals surface area contributed by atoms with Crippen molar-refractivity contribution in [2.75, 3.05) is 16.8 Å². The van der Waals surface area contributed by atoms with Crippen LogP contribution in [-0.4, -0.2) is 21.6 Å². The van der Waals surface area contributed by atoms with E-state index in [1.807, 2.05) is 13.0 Å². The molecule has 0 fully saturated rings. The molecule has 0 aliphatic heterocycles. The van der Waals surface area contributed by atoms with Crippen molar-refractivity contribution in [2.45, 2.75) is 12.1 Å². The van der Waals surface area contributed by atoms with E-state index in [1.54, 1.807) is 30.5 Å². The van der Waals surface area contributed by atoms with Gasteiger partial charge in [0.2, 0.25) is 5.91 Å². The Bertz CT molecular complexity index is 588. The maximum absolute atomic E-state index is 11.8. The highest BCUT2D eigenvalue weighted by Crippen LogP contribution is 2.15. The number of nitrogens with two attached hydrogens (primary N) is 1. The van der Waals surface area contributed by atoms with E-state index in [-0.39, 0.29) is 11.7 Å². The van der Waals surface area contributed by atoms with Crippen molar-refractivity contribution in [2.24, 2.45) is 0 Å². The third kappa shape index (κ3) is 4.26. The third-order valence-corrected chi connectivity index (χ3v) is 3.14. The van der Waals surface area contributed by atoms with E-state index < -0.39 is 0 Å². The fourth-order valence-corrected chi connectivity index (χ4v) is 2.12. The Morgan fingerprint density at radius 3 is 3.00 bits per heavy atom. The molecule has 6 heteroatoms. The van der Waals surface area contributed by atoms with Crippen LogP contribution in [0.3, 0.4) is 0 Å². The van der Waals surface area contributed by atoms with E-state index in [2.05, 4.69) is 15.3 Å². The van der Waals surface area contributed by atoms with E-state index in [4.69, 9.17) is 5.73 Å². The summed E-state index contributed by atoms with van der Waals surface area (Å²) in [4.78, 5) is 20.1. The molecule has 0 saturated heterocycles. The molecule has 0 bridgehead atoms. The molecule has 1 aromatic heterocycles. The molecule has 2 rings (SSSR count). The van der Waals surface area contributed by atoms with E-state index in [0.717, 1.165) is 5.69 Å². The highest BCUT2D eigenvalue weighted by molar-refractivity contribution is 7.99. The lowest BCUT2D eigenvalue weighted by Gasteiger charge is -2.05. The monoisotopic (exact) mass is 274 g/mol. The van der Waals surface area contributed by atoms with Gasteiger partial charge in [-0.25, -0.2) is 9.97 Å². The molecule has 0 spiro atoms. The van der Waals surface area contributed by atoms with Gasteiger partial charge in [-0.15, -0.1) is 0 Å². The Labute approximate surface area is 115 Å². The number of nitrogens with zero attached hydrogens (tertiary/aromatic N) is 2. The number of rotatable bonds is 4. The second kappa shape index (κ2) is 6.19.